The maximum Gasteiger partial charge on any atom is 0.334 e. The van der Waals surface area contributed by atoms with E-state index in [-0.39, 0.29) is 35.0 Å². The minimum atomic E-state index is -0.337. The second-order valence-electron chi connectivity index (χ2n) is 25.1. The Balaban J connectivity index is 0.815. The SMILES string of the molecule is CCCCCCCC[C@@H]1CC[C@@H]2[C@@H]3CC=C4C[C@H](OC(=O)/C(C)=C(\C)C(=O)O[C@H]5CC[C@@]6(C)C(=CC[C@H]7[C@@H]8CC[C@H](CCCCCCCC)[C@@]8(C)CC[C@@H]76)C5)CC[C@@]4(C)[C@@H]3CC[C@@]12C. The van der Waals surface area contributed by atoms with Crippen LogP contribution in [-0.4, -0.2) is 24.1 Å². The van der Waals surface area contributed by atoms with Gasteiger partial charge in [0.1, 0.15) is 12.2 Å². The van der Waals surface area contributed by atoms with Crippen LogP contribution in [0.3, 0.4) is 0 Å². The van der Waals surface area contributed by atoms with Crippen molar-refractivity contribution in [2.75, 3.05) is 0 Å². The maximum atomic E-state index is 13.7. The molecule has 0 aromatic carbocycles. The Hall–Kier alpha value is -1.84. The summed E-state index contributed by atoms with van der Waals surface area (Å²) in [6, 6.07) is 0. The Labute approximate surface area is 393 Å². The van der Waals surface area contributed by atoms with Gasteiger partial charge in [0.2, 0.25) is 0 Å². The Morgan fingerprint density at radius 3 is 1.30 bits per heavy atom. The van der Waals surface area contributed by atoms with Crippen molar-refractivity contribution in [2.24, 2.45) is 69.0 Å². The van der Waals surface area contributed by atoms with Crippen molar-refractivity contribution in [1.82, 2.24) is 0 Å². The third-order valence-electron chi connectivity index (χ3n) is 22.0. The van der Waals surface area contributed by atoms with E-state index >= 15 is 0 Å². The van der Waals surface area contributed by atoms with Crippen molar-refractivity contribution in [3.63, 3.8) is 0 Å². The lowest BCUT2D eigenvalue weighted by Crippen LogP contribution is -2.50. The summed E-state index contributed by atoms with van der Waals surface area (Å²) >= 11 is 0. The van der Waals surface area contributed by atoms with Gasteiger partial charge in [0.25, 0.3) is 0 Å². The highest BCUT2D eigenvalue weighted by Crippen LogP contribution is 2.68. The van der Waals surface area contributed by atoms with Gasteiger partial charge in [-0.25, -0.2) is 9.59 Å². The van der Waals surface area contributed by atoms with Crippen molar-refractivity contribution in [2.45, 2.75) is 260 Å². The Morgan fingerprint density at radius 1 is 0.500 bits per heavy atom. The molecular formula is C60H96O4. The Morgan fingerprint density at radius 2 is 0.891 bits per heavy atom. The first-order chi connectivity index (χ1) is 30.8. The predicted molar refractivity (Wildman–Crippen MR) is 265 cm³/mol. The normalized spacial score (nSPS) is 41.5. The van der Waals surface area contributed by atoms with Gasteiger partial charge in [-0.1, -0.05) is 142 Å². The third-order valence-corrected chi connectivity index (χ3v) is 22.0. The average molecular weight is 881 g/mol. The van der Waals surface area contributed by atoms with E-state index in [0.717, 1.165) is 85.9 Å². The van der Waals surface area contributed by atoms with Gasteiger partial charge < -0.3 is 9.47 Å². The van der Waals surface area contributed by atoms with Crippen molar-refractivity contribution < 1.29 is 19.1 Å². The van der Waals surface area contributed by atoms with Crippen LogP contribution in [0, 0.1) is 69.0 Å². The van der Waals surface area contributed by atoms with E-state index < -0.39 is 0 Å². The largest absolute Gasteiger partial charge is 0.459 e. The van der Waals surface area contributed by atoms with E-state index in [4.69, 9.17) is 9.47 Å². The topological polar surface area (TPSA) is 52.6 Å². The first-order valence-electron chi connectivity index (χ1n) is 28.2. The van der Waals surface area contributed by atoms with E-state index in [1.807, 2.05) is 0 Å². The van der Waals surface area contributed by atoms with Gasteiger partial charge in [0.15, 0.2) is 0 Å². The highest BCUT2D eigenvalue weighted by atomic mass is 16.5. The number of carbonyl (C=O) groups excluding carboxylic acids is 2. The fourth-order valence-corrected chi connectivity index (χ4v) is 17.8. The molecule has 6 fully saturated rings. The van der Waals surface area contributed by atoms with Crippen LogP contribution >= 0.6 is 0 Å². The van der Waals surface area contributed by atoms with E-state index in [1.165, 1.54) is 154 Å². The second kappa shape index (κ2) is 20.4. The lowest BCUT2D eigenvalue weighted by molar-refractivity contribution is -0.150. The monoisotopic (exact) mass is 881 g/mol. The third kappa shape index (κ3) is 9.34. The molecule has 0 bridgehead atoms. The zero-order valence-corrected chi connectivity index (χ0v) is 42.8. The standard InChI is InChI=1S/C60H96O4/c1-9-11-13-15-17-19-21-43-25-29-51-49-27-23-45-39-47(31-35-59(45,7)53(49)33-37-57(43,51)5)63-55(61)41(3)42(4)56(62)64-48-32-36-60(8)46(40-48)24-28-50-52-30-26-44(22-20-18-16-14-12-10-2)58(52,6)38-34-54(50)60/h23-24,43-44,47-54H,9-22,25-40H2,1-8H3/b42-41+/t43-,44+,47-,48+,49-,50-,51-,52+,53-,54+,57+,58-,59-,60+/m0/s1. The van der Waals surface area contributed by atoms with E-state index in [0.29, 0.717) is 22.0 Å². The van der Waals surface area contributed by atoms with Crippen molar-refractivity contribution in [3.05, 3.63) is 34.4 Å². The summed E-state index contributed by atoms with van der Waals surface area (Å²) in [5, 5.41) is 0. The van der Waals surface area contributed by atoms with Crippen LogP contribution in [0.1, 0.15) is 248 Å². The van der Waals surface area contributed by atoms with Gasteiger partial charge in [0, 0.05) is 24.0 Å². The van der Waals surface area contributed by atoms with Crippen LogP contribution in [0.5, 0.6) is 0 Å². The molecule has 0 saturated heterocycles. The number of carbonyl (C=O) groups is 2. The van der Waals surface area contributed by atoms with Gasteiger partial charge >= 0.3 is 11.9 Å². The molecule has 6 saturated carbocycles. The molecule has 4 heteroatoms. The van der Waals surface area contributed by atoms with Gasteiger partial charge in [-0.15, -0.1) is 0 Å². The Kier molecular flexibility index (Phi) is 15.5. The molecule has 0 amide bonds. The van der Waals surface area contributed by atoms with Crippen LogP contribution in [0.25, 0.3) is 0 Å². The van der Waals surface area contributed by atoms with Crippen LogP contribution in [-0.2, 0) is 19.1 Å². The van der Waals surface area contributed by atoms with E-state index in [1.54, 1.807) is 25.0 Å². The molecule has 0 N–H and O–H groups in total. The summed E-state index contributed by atoms with van der Waals surface area (Å²) < 4.78 is 12.5. The van der Waals surface area contributed by atoms with Crippen molar-refractivity contribution >= 4 is 11.9 Å². The lowest BCUT2D eigenvalue weighted by Gasteiger charge is -2.58. The number of unbranched alkanes of at least 4 members (excludes halogenated alkanes) is 10. The van der Waals surface area contributed by atoms with Gasteiger partial charge in [-0.2, -0.15) is 0 Å². The smallest absolute Gasteiger partial charge is 0.334 e. The summed E-state index contributed by atoms with van der Waals surface area (Å²) in [5.74, 6) is 6.05. The maximum absolute atomic E-state index is 13.7. The molecule has 0 aromatic rings. The molecule has 360 valence electrons. The number of esters is 2. The van der Waals surface area contributed by atoms with Gasteiger partial charge in [0.05, 0.1) is 0 Å². The number of rotatable bonds is 18. The minimum Gasteiger partial charge on any atom is -0.459 e. The molecule has 4 nitrogen and oxygen atoms in total. The molecule has 8 aliphatic rings. The summed E-state index contributed by atoms with van der Waals surface area (Å²) in [7, 11) is 0. The summed E-state index contributed by atoms with van der Waals surface area (Å²) in [4.78, 5) is 27.4. The quantitative estimate of drug-likeness (QED) is 0.0596. The zero-order valence-electron chi connectivity index (χ0n) is 42.8. The second-order valence-corrected chi connectivity index (χ2v) is 25.1. The number of allylic oxidation sites excluding steroid dienone is 2. The van der Waals surface area contributed by atoms with Crippen LogP contribution < -0.4 is 0 Å². The van der Waals surface area contributed by atoms with Crippen molar-refractivity contribution in [1.29, 1.82) is 0 Å². The molecule has 0 spiro atoms. The van der Waals surface area contributed by atoms with Gasteiger partial charge in [-0.05, 0) is 186 Å². The first-order valence-corrected chi connectivity index (χ1v) is 28.2. The molecule has 8 aliphatic carbocycles. The van der Waals surface area contributed by atoms with Gasteiger partial charge in [-0.3, -0.25) is 0 Å². The molecule has 64 heavy (non-hydrogen) atoms. The fraction of sp³-hybridized carbons (Fsp3) is 0.867. The predicted octanol–water partition coefficient (Wildman–Crippen LogP) is 16.8. The fourth-order valence-electron chi connectivity index (χ4n) is 17.8. The van der Waals surface area contributed by atoms with Crippen LogP contribution in [0.4, 0.5) is 0 Å². The zero-order chi connectivity index (χ0) is 45.3. The molecule has 0 aromatic heterocycles. The molecule has 0 heterocycles. The number of fused-ring (bicyclic) bond motifs is 10. The number of hydrogen-bond acceptors (Lipinski definition) is 4. The Bertz CT molecular complexity index is 1610. The average Bonchev–Trinajstić information content (AvgIpc) is 3.81. The molecule has 14 atom stereocenters. The summed E-state index contributed by atoms with van der Waals surface area (Å²) in [6.07, 6.45) is 44.2. The summed E-state index contributed by atoms with van der Waals surface area (Å²) in [6.45, 7) is 18.7. The van der Waals surface area contributed by atoms with Crippen LogP contribution in [0.15, 0.2) is 34.4 Å². The molecule has 0 radical (unpaired) electrons. The van der Waals surface area contributed by atoms with E-state index in [2.05, 4.69) is 53.7 Å². The highest BCUT2D eigenvalue weighted by Gasteiger charge is 2.60. The van der Waals surface area contributed by atoms with Crippen molar-refractivity contribution in [3.8, 4) is 0 Å². The lowest BCUT2D eigenvalue weighted by atomic mass is 9.47. The molecular weight excluding hydrogens is 785 g/mol. The van der Waals surface area contributed by atoms with Crippen LogP contribution in [0.2, 0.25) is 0 Å². The molecule has 8 rings (SSSR count). The number of hydrogen-bond donors (Lipinski definition) is 0. The molecule has 0 aliphatic heterocycles. The number of ether oxygens (including phenoxy) is 2. The molecule has 0 unspecified atom stereocenters. The van der Waals surface area contributed by atoms with E-state index in [9.17, 15) is 9.59 Å². The summed E-state index contributed by atoms with van der Waals surface area (Å²) in [5.41, 5.74) is 5.43. The first kappa shape index (κ1) is 48.6. The highest BCUT2D eigenvalue weighted by molar-refractivity contribution is 5.99. The minimum absolute atomic E-state index is 0.115.